The molecule has 1 aromatic heterocycles. The highest BCUT2D eigenvalue weighted by Gasteiger charge is 2.43. The van der Waals surface area contributed by atoms with Gasteiger partial charge in [-0.25, -0.2) is 9.78 Å². The van der Waals surface area contributed by atoms with Crippen molar-refractivity contribution in [1.29, 1.82) is 0 Å². The Morgan fingerprint density at radius 1 is 1.58 bits per heavy atom. The van der Waals surface area contributed by atoms with Gasteiger partial charge in [0.05, 0.1) is 19.3 Å². The van der Waals surface area contributed by atoms with E-state index in [9.17, 15) is 14.4 Å². The van der Waals surface area contributed by atoms with Gasteiger partial charge in [-0.3, -0.25) is 9.59 Å². The Balaban J connectivity index is 1.92. The zero-order valence-corrected chi connectivity index (χ0v) is 10.3. The molecule has 2 heterocycles. The van der Waals surface area contributed by atoms with Crippen molar-refractivity contribution in [3.8, 4) is 0 Å². The molecule has 0 aromatic carbocycles. The molecule has 1 saturated heterocycles. The van der Waals surface area contributed by atoms with Crippen LogP contribution in [0, 0.1) is 0 Å². The number of amides is 1. The van der Waals surface area contributed by atoms with Gasteiger partial charge in [0.2, 0.25) is 0 Å². The standard InChI is InChI=1S/C11H13N3O5/c1-11(19-4-9(16)17)5-14(6-11)10(18)7-2-13-8(15)3-12-7/h2-3H,4-6H2,1H3,(H,13,15)(H,16,17). The second kappa shape index (κ2) is 4.81. The molecule has 0 spiro atoms. The maximum absolute atomic E-state index is 11.9. The third-order valence-corrected chi connectivity index (χ3v) is 2.77. The highest BCUT2D eigenvalue weighted by Crippen LogP contribution is 2.25. The summed E-state index contributed by atoms with van der Waals surface area (Å²) in [6.45, 7) is 1.93. The first-order valence-corrected chi connectivity index (χ1v) is 5.59. The van der Waals surface area contributed by atoms with E-state index >= 15 is 0 Å². The molecule has 0 aliphatic carbocycles. The van der Waals surface area contributed by atoms with Gasteiger partial charge in [-0.2, -0.15) is 0 Å². The molecule has 0 bridgehead atoms. The van der Waals surface area contributed by atoms with E-state index in [1.807, 2.05) is 0 Å². The smallest absolute Gasteiger partial charge is 0.329 e. The molecule has 0 atom stereocenters. The van der Waals surface area contributed by atoms with E-state index in [0.717, 1.165) is 6.20 Å². The van der Waals surface area contributed by atoms with E-state index in [2.05, 4.69) is 9.97 Å². The van der Waals surface area contributed by atoms with Crippen LogP contribution in [0.3, 0.4) is 0 Å². The summed E-state index contributed by atoms with van der Waals surface area (Å²) in [7, 11) is 0. The fraction of sp³-hybridized carbons (Fsp3) is 0.455. The molecule has 1 aromatic rings. The average molecular weight is 267 g/mol. The molecule has 0 unspecified atom stereocenters. The zero-order chi connectivity index (χ0) is 14.0. The number of carbonyl (C=O) groups is 2. The van der Waals surface area contributed by atoms with Gasteiger partial charge in [0.1, 0.15) is 17.9 Å². The van der Waals surface area contributed by atoms with Crippen LogP contribution in [0.1, 0.15) is 17.4 Å². The number of aliphatic carboxylic acids is 1. The van der Waals surface area contributed by atoms with Crippen molar-refractivity contribution in [2.45, 2.75) is 12.5 Å². The minimum Gasteiger partial charge on any atom is -0.480 e. The van der Waals surface area contributed by atoms with Crippen molar-refractivity contribution in [3.05, 3.63) is 28.4 Å². The quantitative estimate of drug-likeness (QED) is 0.730. The van der Waals surface area contributed by atoms with Crippen molar-refractivity contribution in [2.75, 3.05) is 19.7 Å². The summed E-state index contributed by atoms with van der Waals surface area (Å²) >= 11 is 0. The molecule has 1 fully saturated rings. The Morgan fingerprint density at radius 2 is 2.26 bits per heavy atom. The maximum Gasteiger partial charge on any atom is 0.329 e. The molecular formula is C11H13N3O5. The summed E-state index contributed by atoms with van der Waals surface area (Å²) in [4.78, 5) is 40.7. The van der Waals surface area contributed by atoms with Crippen LogP contribution in [0.15, 0.2) is 17.2 Å². The van der Waals surface area contributed by atoms with E-state index in [1.165, 1.54) is 11.1 Å². The molecule has 2 N–H and O–H groups in total. The number of nitrogens with one attached hydrogen (secondary N) is 1. The number of nitrogens with zero attached hydrogens (tertiary/aromatic N) is 2. The number of carbonyl (C=O) groups excluding carboxylic acids is 1. The van der Waals surface area contributed by atoms with Crippen LogP contribution in [0.4, 0.5) is 0 Å². The lowest BCUT2D eigenvalue weighted by atomic mass is 9.96. The van der Waals surface area contributed by atoms with Crippen LogP contribution in [0.2, 0.25) is 0 Å². The van der Waals surface area contributed by atoms with Crippen LogP contribution < -0.4 is 5.56 Å². The third kappa shape index (κ3) is 2.97. The molecule has 102 valence electrons. The number of carboxylic acids is 1. The Labute approximate surface area is 108 Å². The fourth-order valence-corrected chi connectivity index (χ4v) is 1.85. The van der Waals surface area contributed by atoms with Gasteiger partial charge < -0.3 is 19.7 Å². The topological polar surface area (TPSA) is 113 Å². The first-order chi connectivity index (χ1) is 8.89. The van der Waals surface area contributed by atoms with E-state index in [4.69, 9.17) is 9.84 Å². The summed E-state index contributed by atoms with van der Waals surface area (Å²) in [5.74, 6) is -1.37. The van der Waals surface area contributed by atoms with Crippen molar-refractivity contribution in [1.82, 2.24) is 14.9 Å². The first kappa shape index (κ1) is 13.2. The van der Waals surface area contributed by atoms with Gasteiger partial charge in [0.15, 0.2) is 0 Å². The average Bonchev–Trinajstić information content (AvgIpc) is 2.33. The second-order valence-corrected chi connectivity index (χ2v) is 4.59. The molecule has 1 amide bonds. The lowest BCUT2D eigenvalue weighted by Crippen LogP contribution is -2.63. The van der Waals surface area contributed by atoms with Gasteiger partial charge in [-0.15, -0.1) is 0 Å². The first-order valence-electron chi connectivity index (χ1n) is 5.59. The van der Waals surface area contributed by atoms with Crippen molar-refractivity contribution in [2.24, 2.45) is 0 Å². The maximum atomic E-state index is 11.9. The molecule has 0 saturated carbocycles. The largest absolute Gasteiger partial charge is 0.480 e. The van der Waals surface area contributed by atoms with Gasteiger partial charge in [-0.1, -0.05) is 0 Å². The minimum atomic E-state index is -1.05. The van der Waals surface area contributed by atoms with Crippen LogP contribution in [0.25, 0.3) is 0 Å². The summed E-state index contributed by atoms with van der Waals surface area (Å²) in [5.41, 5.74) is -0.884. The number of carboxylic acid groups (broad SMARTS) is 1. The summed E-state index contributed by atoms with van der Waals surface area (Å²) in [5, 5.41) is 8.53. The number of likely N-dealkylation sites (tertiary alicyclic amines) is 1. The van der Waals surface area contributed by atoms with Gasteiger partial charge in [0.25, 0.3) is 11.5 Å². The van der Waals surface area contributed by atoms with Gasteiger partial charge in [-0.05, 0) is 6.92 Å². The summed E-state index contributed by atoms with van der Waals surface area (Å²) in [6, 6.07) is 0. The lowest BCUT2D eigenvalue weighted by Gasteiger charge is -2.46. The Morgan fingerprint density at radius 3 is 2.79 bits per heavy atom. The molecule has 8 heteroatoms. The third-order valence-electron chi connectivity index (χ3n) is 2.77. The molecular weight excluding hydrogens is 254 g/mol. The van der Waals surface area contributed by atoms with E-state index in [0.29, 0.717) is 13.1 Å². The molecule has 0 radical (unpaired) electrons. The van der Waals surface area contributed by atoms with Crippen LogP contribution in [0.5, 0.6) is 0 Å². The number of H-pyrrole nitrogens is 1. The second-order valence-electron chi connectivity index (χ2n) is 4.59. The van der Waals surface area contributed by atoms with E-state index in [1.54, 1.807) is 6.92 Å². The number of aromatic amines is 1. The Kier molecular flexibility index (Phi) is 3.34. The lowest BCUT2D eigenvalue weighted by molar-refractivity contribution is -0.159. The predicted molar refractivity (Wildman–Crippen MR) is 62.8 cm³/mol. The van der Waals surface area contributed by atoms with Crippen molar-refractivity contribution in [3.63, 3.8) is 0 Å². The number of hydrogen-bond acceptors (Lipinski definition) is 5. The summed E-state index contributed by atoms with van der Waals surface area (Å²) < 4.78 is 5.19. The van der Waals surface area contributed by atoms with Crippen molar-refractivity contribution < 1.29 is 19.4 Å². The highest BCUT2D eigenvalue weighted by atomic mass is 16.5. The van der Waals surface area contributed by atoms with Gasteiger partial charge >= 0.3 is 5.97 Å². The molecule has 1 aliphatic rings. The monoisotopic (exact) mass is 267 g/mol. The molecule has 19 heavy (non-hydrogen) atoms. The van der Waals surface area contributed by atoms with E-state index < -0.39 is 18.2 Å². The van der Waals surface area contributed by atoms with Crippen molar-refractivity contribution >= 4 is 11.9 Å². The Hall–Kier alpha value is -2.22. The number of ether oxygens (including phenoxy) is 1. The Bertz CT molecular complexity index is 541. The number of aromatic nitrogens is 2. The number of rotatable bonds is 4. The minimum absolute atomic E-state index is 0.139. The van der Waals surface area contributed by atoms with Crippen LogP contribution >= 0.6 is 0 Å². The van der Waals surface area contributed by atoms with Crippen LogP contribution in [-0.2, 0) is 9.53 Å². The zero-order valence-electron chi connectivity index (χ0n) is 10.3. The highest BCUT2D eigenvalue weighted by molar-refractivity contribution is 5.92. The number of hydrogen-bond donors (Lipinski definition) is 2. The summed E-state index contributed by atoms with van der Waals surface area (Å²) in [6.07, 6.45) is 2.28. The molecule has 1 aliphatic heterocycles. The van der Waals surface area contributed by atoms with Gasteiger partial charge in [0, 0.05) is 6.20 Å². The molecule has 2 rings (SSSR count). The predicted octanol–water partition coefficient (Wildman–Crippen LogP) is -0.914. The normalized spacial score (nSPS) is 16.8. The SMILES string of the molecule is CC1(OCC(=O)O)CN(C(=O)c2c[nH]c(=O)cn2)C1. The molecule has 8 nitrogen and oxygen atoms in total. The fourth-order valence-electron chi connectivity index (χ4n) is 1.85. The van der Waals surface area contributed by atoms with Crippen LogP contribution in [-0.4, -0.2) is 57.1 Å². The van der Waals surface area contributed by atoms with E-state index in [-0.39, 0.29) is 17.2 Å².